The fraction of sp³-hybridized carbons (Fsp3) is 0.200. The predicted octanol–water partition coefficient (Wildman–Crippen LogP) is 3.27. The van der Waals surface area contributed by atoms with E-state index in [0.29, 0.717) is 10.6 Å². The maximum Gasteiger partial charge on any atom is 0.342 e. The number of ether oxygens (including phenoxy) is 1. The van der Waals surface area contributed by atoms with Gasteiger partial charge in [-0.25, -0.2) is 9.59 Å². The van der Waals surface area contributed by atoms with Gasteiger partial charge in [-0.1, -0.05) is 23.7 Å². The van der Waals surface area contributed by atoms with Crippen LogP contribution in [-0.2, 0) is 11.3 Å². The monoisotopic (exact) mass is 292 g/mol. The number of carbonyl (C=O) groups is 1. The molecule has 0 aliphatic rings. The first-order chi connectivity index (χ1) is 9.47. The SMILES string of the molecule is Cc1cc(=O)oc(C)c1C(=O)OCc1cccc(Cl)c1. The molecule has 1 aromatic carbocycles. The Kier molecular flexibility index (Phi) is 4.25. The van der Waals surface area contributed by atoms with Crippen LogP contribution in [0.4, 0.5) is 0 Å². The lowest BCUT2D eigenvalue weighted by Crippen LogP contribution is -2.12. The molecule has 0 aliphatic carbocycles. The van der Waals surface area contributed by atoms with E-state index in [1.165, 1.54) is 6.07 Å². The molecule has 0 N–H and O–H groups in total. The van der Waals surface area contributed by atoms with E-state index < -0.39 is 11.6 Å². The van der Waals surface area contributed by atoms with Crippen molar-refractivity contribution in [1.29, 1.82) is 0 Å². The van der Waals surface area contributed by atoms with Gasteiger partial charge in [0, 0.05) is 11.1 Å². The topological polar surface area (TPSA) is 56.5 Å². The summed E-state index contributed by atoms with van der Waals surface area (Å²) in [5.41, 5.74) is 1.13. The lowest BCUT2D eigenvalue weighted by molar-refractivity contribution is 0.0467. The number of hydrogen-bond donors (Lipinski definition) is 0. The normalized spacial score (nSPS) is 10.3. The highest BCUT2D eigenvalue weighted by Crippen LogP contribution is 2.15. The van der Waals surface area contributed by atoms with Gasteiger partial charge in [0.1, 0.15) is 17.9 Å². The molecule has 5 heteroatoms. The Balaban J connectivity index is 2.15. The molecular formula is C15H13ClO4. The molecule has 0 unspecified atom stereocenters. The van der Waals surface area contributed by atoms with Crippen molar-refractivity contribution < 1.29 is 13.9 Å². The molecule has 2 rings (SSSR count). The van der Waals surface area contributed by atoms with Gasteiger partial charge in [-0.05, 0) is 37.1 Å². The predicted molar refractivity (Wildman–Crippen MR) is 75.0 cm³/mol. The Labute approximate surface area is 120 Å². The maximum absolute atomic E-state index is 12.0. The third-order valence-electron chi connectivity index (χ3n) is 2.80. The molecule has 4 nitrogen and oxygen atoms in total. The average Bonchev–Trinajstić information content (AvgIpc) is 2.35. The van der Waals surface area contributed by atoms with E-state index in [2.05, 4.69) is 0 Å². The largest absolute Gasteiger partial charge is 0.457 e. The molecule has 0 aliphatic heterocycles. The summed E-state index contributed by atoms with van der Waals surface area (Å²) in [5.74, 6) is -0.269. The van der Waals surface area contributed by atoms with Crippen molar-refractivity contribution in [1.82, 2.24) is 0 Å². The maximum atomic E-state index is 12.0. The molecule has 2 aromatic rings. The molecule has 0 amide bonds. The smallest absolute Gasteiger partial charge is 0.342 e. The molecule has 1 aromatic heterocycles. The molecule has 104 valence electrons. The molecule has 0 saturated carbocycles. The van der Waals surface area contributed by atoms with Crippen LogP contribution in [0.1, 0.15) is 27.2 Å². The molecular weight excluding hydrogens is 280 g/mol. The Bertz CT molecular complexity index is 677. The van der Waals surface area contributed by atoms with Crippen molar-refractivity contribution >= 4 is 17.6 Å². The first kappa shape index (κ1) is 14.3. The van der Waals surface area contributed by atoms with Crippen molar-refractivity contribution in [2.24, 2.45) is 0 Å². The van der Waals surface area contributed by atoms with Crippen molar-refractivity contribution in [3.63, 3.8) is 0 Å². The van der Waals surface area contributed by atoms with Gasteiger partial charge in [-0.2, -0.15) is 0 Å². The number of esters is 1. The lowest BCUT2D eigenvalue weighted by atomic mass is 10.1. The number of hydrogen-bond acceptors (Lipinski definition) is 4. The summed E-state index contributed by atoms with van der Waals surface area (Å²) in [4.78, 5) is 23.2. The quantitative estimate of drug-likeness (QED) is 0.815. The summed E-state index contributed by atoms with van der Waals surface area (Å²) < 4.78 is 10.1. The summed E-state index contributed by atoms with van der Waals surface area (Å²) in [6.45, 7) is 3.33. The number of benzene rings is 1. The lowest BCUT2D eigenvalue weighted by Gasteiger charge is -2.08. The minimum absolute atomic E-state index is 0.109. The minimum atomic E-state index is -0.524. The number of rotatable bonds is 3. The third kappa shape index (κ3) is 3.27. The van der Waals surface area contributed by atoms with E-state index in [0.717, 1.165) is 5.56 Å². The Morgan fingerprint density at radius 2 is 2.05 bits per heavy atom. The van der Waals surface area contributed by atoms with E-state index in [1.807, 2.05) is 6.07 Å². The molecule has 0 saturated heterocycles. The molecule has 1 heterocycles. The standard InChI is InChI=1S/C15H13ClO4/c1-9-6-13(17)20-10(2)14(9)15(18)19-8-11-4-3-5-12(16)7-11/h3-7H,8H2,1-2H3. The van der Waals surface area contributed by atoms with Crippen molar-refractivity contribution in [2.75, 3.05) is 0 Å². The van der Waals surface area contributed by atoms with Gasteiger partial charge in [-0.15, -0.1) is 0 Å². The molecule has 0 atom stereocenters. The van der Waals surface area contributed by atoms with Gasteiger partial charge >= 0.3 is 11.6 Å². The van der Waals surface area contributed by atoms with Crippen LogP contribution in [0.2, 0.25) is 5.02 Å². The van der Waals surface area contributed by atoms with Crippen molar-refractivity contribution in [3.8, 4) is 0 Å². The second-order valence-electron chi connectivity index (χ2n) is 4.39. The first-order valence-electron chi connectivity index (χ1n) is 6.00. The highest BCUT2D eigenvalue weighted by atomic mass is 35.5. The van der Waals surface area contributed by atoms with Gasteiger partial charge in [-0.3, -0.25) is 0 Å². The highest BCUT2D eigenvalue weighted by molar-refractivity contribution is 6.30. The van der Waals surface area contributed by atoms with E-state index in [9.17, 15) is 9.59 Å². The zero-order valence-electron chi connectivity index (χ0n) is 11.1. The van der Waals surface area contributed by atoms with Crippen LogP contribution in [0.25, 0.3) is 0 Å². The second-order valence-corrected chi connectivity index (χ2v) is 4.82. The molecule has 20 heavy (non-hydrogen) atoms. The molecule has 0 fully saturated rings. The Morgan fingerprint density at radius 3 is 2.70 bits per heavy atom. The summed E-state index contributed by atoms with van der Waals surface area (Å²) in [6, 6.07) is 8.32. The van der Waals surface area contributed by atoms with Crippen molar-refractivity contribution in [3.05, 3.63) is 68.2 Å². The van der Waals surface area contributed by atoms with Crippen molar-refractivity contribution in [2.45, 2.75) is 20.5 Å². The number of halogens is 1. The number of aryl methyl sites for hydroxylation is 2. The van der Waals surface area contributed by atoms with Crippen LogP contribution in [0.3, 0.4) is 0 Å². The minimum Gasteiger partial charge on any atom is -0.457 e. The summed E-state index contributed by atoms with van der Waals surface area (Å²) in [5, 5.41) is 0.580. The van der Waals surface area contributed by atoms with Crippen LogP contribution in [-0.4, -0.2) is 5.97 Å². The summed E-state index contributed by atoms with van der Waals surface area (Å²) >= 11 is 5.85. The Hall–Kier alpha value is -2.07. The van der Waals surface area contributed by atoms with Gasteiger partial charge in [0.25, 0.3) is 0 Å². The van der Waals surface area contributed by atoms with Crippen LogP contribution < -0.4 is 5.63 Å². The van der Waals surface area contributed by atoms with E-state index in [1.54, 1.807) is 32.0 Å². The van der Waals surface area contributed by atoms with Crippen LogP contribution >= 0.6 is 11.6 Å². The zero-order chi connectivity index (χ0) is 14.7. The van der Waals surface area contributed by atoms with E-state index in [-0.39, 0.29) is 17.9 Å². The molecule has 0 radical (unpaired) electrons. The average molecular weight is 293 g/mol. The van der Waals surface area contributed by atoms with Crippen LogP contribution in [0.15, 0.2) is 39.5 Å². The Morgan fingerprint density at radius 1 is 1.30 bits per heavy atom. The molecule has 0 spiro atoms. The molecule has 0 bridgehead atoms. The highest BCUT2D eigenvalue weighted by Gasteiger charge is 2.16. The van der Waals surface area contributed by atoms with E-state index >= 15 is 0 Å². The van der Waals surface area contributed by atoms with E-state index in [4.69, 9.17) is 20.8 Å². The zero-order valence-corrected chi connectivity index (χ0v) is 11.9. The van der Waals surface area contributed by atoms with Gasteiger partial charge in [0.2, 0.25) is 0 Å². The summed E-state index contributed by atoms with van der Waals surface area (Å²) in [6.07, 6.45) is 0. The fourth-order valence-corrected chi connectivity index (χ4v) is 2.12. The van der Waals surface area contributed by atoms with Crippen LogP contribution in [0, 0.1) is 13.8 Å². The fourth-order valence-electron chi connectivity index (χ4n) is 1.91. The van der Waals surface area contributed by atoms with Gasteiger partial charge in [0.05, 0.1) is 0 Å². The second kappa shape index (κ2) is 5.92. The third-order valence-corrected chi connectivity index (χ3v) is 3.03. The van der Waals surface area contributed by atoms with Gasteiger partial charge < -0.3 is 9.15 Å². The van der Waals surface area contributed by atoms with Crippen LogP contribution in [0.5, 0.6) is 0 Å². The van der Waals surface area contributed by atoms with Gasteiger partial charge in [0.15, 0.2) is 0 Å². The first-order valence-corrected chi connectivity index (χ1v) is 6.38. The number of carbonyl (C=O) groups excluding carboxylic acids is 1. The summed E-state index contributed by atoms with van der Waals surface area (Å²) in [7, 11) is 0.